The summed E-state index contributed by atoms with van der Waals surface area (Å²) in [6.45, 7) is 3.46. The van der Waals surface area contributed by atoms with Crippen LogP contribution in [0.25, 0.3) is 10.2 Å². The molecule has 0 aromatic carbocycles. The van der Waals surface area contributed by atoms with Crippen LogP contribution < -0.4 is 5.32 Å². The summed E-state index contributed by atoms with van der Waals surface area (Å²) in [5.41, 5.74) is 1.31. The second-order valence-electron chi connectivity index (χ2n) is 4.86. The topological polar surface area (TPSA) is 75.1 Å². The molecule has 0 saturated heterocycles. The Bertz CT molecular complexity index is 665. The summed E-state index contributed by atoms with van der Waals surface area (Å²) in [5.74, 6) is 0.459. The first kappa shape index (κ1) is 12.3. The highest BCUT2D eigenvalue weighted by Gasteiger charge is 2.23. The number of aryl methyl sites for hydroxylation is 3. The number of thiophene rings is 1. The number of rotatable bonds is 3. The van der Waals surface area contributed by atoms with Crippen LogP contribution in [0.5, 0.6) is 0 Å². The molecule has 1 atom stereocenters. The summed E-state index contributed by atoms with van der Waals surface area (Å²) in [7, 11) is 0. The van der Waals surface area contributed by atoms with Gasteiger partial charge in [0.2, 0.25) is 0 Å². The minimum atomic E-state index is -0.878. The van der Waals surface area contributed by atoms with Crippen LogP contribution in [0.3, 0.4) is 0 Å². The van der Waals surface area contributed by atoms with E-state index in [-0.39, 0.29) is 0 Å². The molecule has 1 aliphatic carbocycles. The van der Waals surface area contributed by atoms with Gasteiger partial charge in [0.1, 0.15) is 22.5 Å². The van der Waals surface area contributed by atoms with E-state index >= 15 is 0 Å². The third kappa shape index (κ3) is 2.06. The Labute approximate surface area is 114 Å². The molecular weight excluding hydrogens is 262 g/mol. The highest BCUT2D eigenvalue weighted by Crippen LogP contribution is 2.39. The Morgan fingerprint density at radius 3 is 2.95 bits per heavy atom. The number of fused-ring (bicyclic) bond motifs is 3. The van der Waals surface area contributed by atoms with Crippen molar-refractivity contribution in [1.29, 1.82) is 0 Å². The fourth-order valence-corrected chi connectivity index (χ4v) is 3.78. The number of carbonyl (C=O) groups is 1. The fraction of sp³-hybridized carbons (Fsp3) is 0.462. The molecule has 2 aromatic rings. The summed E-state index contributed by atoms with van der Waals surface area (Å²) in [5, 5.41) is 13.0. The van der Waals surface area contributed by atoms with E-state index in [9.17, 15) is 4.79 Å². The standard InChI is InChI=1S/C13H15N3O2S/c1-6(13(17)18)14-11-10-8-4-3-5-9(8)19-12(10)16-7(2)15-11/h6H,3-5H2,1-2H3,(H,17,18)(H,14,15,16). The van der Waals surface area contributed by atoms with Gasteiger partial charge < -0.3 is 10.4 Å². The second kappa shape index (κ2) is 4.45. The molecule has 0 spiro atoms. The number of aromatic nitrogens is 2. The van der Waals surface area contributed by atoms with Crippen molar-refractivity contribution in [1.82, 2.24) is 9.97 Å². The van der Waals surface area contributed by atoms with Crippen molar-refractivity contribution in [2.75, 3.05) is 5.32 Å². The first-order chi connectivity index (χ1) is 9.06. The van der Waals surface area contributed by atoms with Crippen LogP contribution in [0, 0.1) is 6.92 Å². The summed E-state index contributed by atoms with van der Waals surface area (Å²) in [6.07, 6.45) is 3.31. The van der Waals surface area contributed by atoms with Crippen LogP contribution in [-0.4, -0.2) is 27.1 Å². The van der Waals surface area contributed by atoms with E-state index in [1.165, 1.54) is 16.9 Å². The van der Waals surface area contributed by atoms with Crippen molar-refractivity contribution in [3.63, 3.8) is 0 Å². The lowest BCUT2D eigenvalue weighted by Crippen LogP contribution is -2.26. The monoisotopic (exact) mass is 277 g/mol. The molecule has 0 fully saturated rings. The average molecular weight is 277 g/mol. The fourth-order valence-electron chi connectivity index (χ4n) is 2.47. The van der Waals surface area contributed by atoms with Crippen LogP contribution in [0.15, 0.2) is 0 Å². The van der Waals surface area contributed by atoms with Gasteiger partial charge in [-0.25, -0.2) is 9.97 Å². The number of hydrogen-bond acceptors (Lipinski definition) is 5. The van der Waals surface area contributed by atoms with Crippen molar-refractivity contribution < 1.29 is 9.90 Å². The number of nitrogens with one attached hydrogen (secondary N) is 1. The van der Waals surface area contributed by atoms with Gasteiger partial charge in [0.25, 0.3) is 0 Å². The van der Waals surface area contributed by atoms with Gasteiger partial charge in [-0.15, -0.1) is 11.3 Å². The Morgan fingerprint density at radius 2 is 2.21 bits per heavy atom. The van der Waals surface area contributed by atoms with E-state index in [0.717, 1.165) is 23.1 Å². The molecule has 0 saturated carbocycles. The van der Waals surface area contributed by atoms with Gasteiger partial charge in [-0.05, 0) is 38.7 Å². The molecule has 2 aromatic heterocycles. The van der Waals surface area contributed by atoms with Crippen molar-refractivity contribution in [3.8, 4) is 0 Å². The van der Waals surface area contributed by atoms with Gasteiger partial charge in [-0.1, -0.05) is 0 Å². The molecule has 100 valence electrons. The summed E-state index contributed by atoms with van der Waals surface area (Å²) < 4.78 is 0. The third-order valence-electron chi connectivity index (χ3n) is 3.40. The van der Waals surface area contributed by atoms with E-state index in [1.807, 2.05) is 6.92 Å². The van der Waals surface area contributed by atoms with Crippen molar-refractivity contribution in [3.05, 3.63) is 16.3 Å². The molecule has 0 aliphatic heterocycles. The molecule has 0 radical (unpaired) electrons. The molecule has 1 aliphatic rings. The number of carboxylic acid groups (broad SMARTS) is 1. The van der Waals surface area contributed by atoms with Gasteiger partial charge in [-0.2, -0.15) is 0 Å². The molecule has 0 bridgehead atoms. The van der Waals surface area contributed by atoms with E-state index in [0.29, 0.717) is 11.6 Å². The SMILES string of the molecule is Cc1nc(NC(C)C(=O)O)c2c3c(sc2n1)CCC3. The van der Waals surface area contributed by atoms with Crippen LogP contribution >= 0.6 is 11.3 Å². The van der Waals surface area contributed by atoms with Crippen LogP contribution in [0.2, 0.25) is 0 Å². The van der Waals surface area contributed by atoms with Gasteiger partial charge in [0.15, 0.2) is 0 Å². The lowest BCUT2D eigenvalue weighted by molar-refractivity contribution is -0.137. The zero-order valence-corrected chi connectivity index (χ0v) is 11.7. The maximum absolute atomic E-state index is 11.0. The minimum absolute atomic E-state index is 0.658. The maximum atomic E-state index is 11.0. The lowest BCUT2D eigenvalue weighted by atomic mass is 10.2. The number of anilines is 1. The van der Waals surface area contributed by atoms with Crippen LogP contribution in [0.1, 0.15) is 29.6 Å². The molecule has 0 amide bonds. The van der Waals surface area contributed by atoms with Crippen molar-refractivity contribution in [2.45, 2.75) is 39.2 Å². The van der Waals surface area contributed by atoms with E-state index in [4.69, 9.17) is 5.11 Å². The predicted octanol–water partition coefficient (Wildman–Crippen LogP) is 2.37. The number of nitrogens with zero attached hydrogens (tertiary/aromatic N) is 2. The summed E-state index contributed by atoms with van der Waals surface area (Å²) >= 11 is 1.71. The Kier molecular flexibility index (Phi) is 2.89. The van der Waals surface area contributed by atoms with Gasteiger partial charge in [0, 0.05) is 4.88 Å². The average Bonchev–Trinajstić information content (AvgIpc) is 2.87. The highest BCUT2D eigenvalue weighted by atomic mass is 32.1. The molecule has 5 nitrogen and oxygen atoms in total. The zero-order chi connectivity index (χ0) is 13.6. The quantitative estimate of drug-likeness (QED) is 0.901. The minimum Gasteiger partial charge on any atom is -0.480 e. The molecule has 2 heterocycles. The van der Waals surface area contributed by atoms with Crippen LogP contribution in [0.4, 0.5) is 5.82 Å². The summed E-state index contributed by atoms with van der Waals surface area (Å²) in [6, 6.07) is -0.658. The van der Waals surface area contributed by atoms with E-state index < -0.39 is 12.0 Å². The first-order valence-electron chi connectivity index (χ1n) is 6.34. The lowest BCUT2D eigenvalue weighted by Gasteiger charge is -2.12. The van der Waals surface area contributed by atoms with E-state index in [1.54, 1.807) is 18.3 Å². The largest absolute Gasteiger partial charge is 0.480 e. The smallest absolute Gasteiger partial charge is 0.325 e. The molecule has 6 heteroatoms. The molecule has 2 N–H and O–H groups in total. The zero-order valence-electron chi connectivity index (χ0n) is 10.9. The molecule has 19 heavy (non-hydrogen) atoms. The second-order valence-corrected chi connectivity index (χ2v) is 5.94. The molecule has 3 rings (SSSR count). The number of carboxylic acids is 1. The summed E-state index contributed by atoms with van der Waals surface area (Å²) in [4.78, 5) is 22.2. The normalized spacial score (nSPS) is 15.5. The Hall–Kier alpha value is -1.69. The van der Waals surface area contributed by atoms with Gasteiger partial charge in [-0.3, -0.25) is 4.79 Å². The van der Waals surface area contributed by atoms with Gasteiger partial charge >= 0.3 is 5.97 Å². The highest BCUT2D eigenvalue weighted by molar-refractivity contribution is 7.19. The molecule has 1 unspecified atom stereocenters. The third-order valence-corrected chi connectivity index (χ3v) is 4.59. The first-order valence-corrected chi connectivity index (χ1v) is 7.16. The van der Waals surface area contributed by atoms with Crippen LogP contribution in [-0.2, 0) is 17.6 Å². The Morgan fingerprint density at radius 1 is 1.42 bits per heavy atom. The van der Waals surface area contributed by atoms with Crippen molar-refractivity contribution >= 4 is 33.3 Å². The maximum Gasteiger partial charge on any atom is 0.325 e. The van der Waals surface area contributed by atoms with Crippen molar-refractivity contribution in [2.24, 2.45) is 0 Å². The Balaban J connectivity index is 2.14. The van der Waals surface area contributed by atoms with E-state index in [2.05, 4.69) is 15.3 Å². The predicted molar refractivity (Wildman–Crippen MR) is 74.9 cm³/mol. The van der Waals surface area contributed by atoms with Gasteiger partial charge in [0.05, 0.1) is 5.39 Å². The molecular formula is C13H15N3O2S. The number of aliphatic carboxylic acids is 1. The number of hydrogen-bond donors (Lipinski definition) is 2.